The van der Waals surface area contributed by atoms with Crippen molar-refractivity contribution in [3.05, 3.63) is 47.8 Å². The van der Waals surface area contributed by atoms with Crippen molar-refractivity contribution in [2.75, 3.05) is 0 Å². The van der Waals surface area contributed by atoms with E-state index >= 15 is 0 Å². The predicted molar refractivity (Wildman–Crippen MR) is 64.6 cm³/mol. The summed E-state index contributed by atoms with van der Waals surface area (Å²) in [5, 5.41) is 13.1. The SMILES string of the molecule is CC(C)c1cccc(-n2nccc2C(=O)O)c1. The molecule has 88 valence electrons. The van der Waals surface area contributed by atoms with Gasteiger partial charge in [-0.1, -0.05) is 26.0 Å². The largest absolute Gasteiger partial charge is 0.477 e. The molecule has 0 aliphatic carbocycles. The second-order valence-electron chi connectivity index (χ2n) is 4.18. The molecule has 4 nitrogen and oxygen atoms in total. The molecule has 0 bridgehead atoms. The first-order valence-corrected chi connectivity index (χ1v) is 5.47. The van der Waals surface area contributed by atoms with Crippen LogP contribution in [0.25, 0.3) is 5.69 Å². The van der Waals surface area contributed by atoms with E-state index in [1.165, 1.54) is 16.9 Å². The fourth-order valence-electron chi connectivity index (χ4n) is 1.69. The van der Waals surface area contributed by atoms with E-state index in [0.717, 1.165) is 11.3 Å². The van der Waals surface area contributed by atoms with Gasteiger partial charge in [-0.2, -0.15) is 5.10 Å². The second kappa shape index (κ2) is 4.41. The number of benzene rings is 1. The van der Waals surface area contributed by atoms with Crippen molar-refractivity contribution < 1.29 is 9.90 Å². The molecule has 0 spiro atoms. The average Bonchev–Trinajstić information content (AvgIpc) is 2.78. The lowest BCUT2D eigenvalue weighted by Crippen LogP contribution is -2.08. The Kier molecular flexibility index (Phi) is 2.95. The first-order valence-electron chi connectivity index (χ1n) is 5.47. The maximum atomic E-state index is 11.0. The van der Waals surface area contributed by atoms with Crippen molar-refractivity contribution >= 4 is 5.97 Å². The van der Waals surface area contributed by atoms with Gasteiger partial charge in [-0.05, 0) is 29.7 Å². The molecule has 0 aliphatic rings. The van der Waals surface area contributed by atoms with Gasteiger partial charge in [0.25, 0.3) is 0 Å². The number of nitrogens with zero attached hydrogens (tertiary/aromatic N) is 2. The summed E-state index contributed by atoms with van der Waals surface area (Å²) >= 11 is 0. The Hall–Kier alpha value is -2.10. The first kappa shape index (κ1) is 11.4. The number of carboxylic acids is 1. The van der Waals surface area contributed by atoms with Gasteiger partial charge in [-0.3, -0.25) is 0 Å². The lowest BCUT2D eigenvalue weighted by molar-refractivity contribution is 0.0687. The zero-order valence-corrected chi connectivity index (χ0v) is 9.79. The number of aromatic carboxylic acids is 1. The Balaban J connectivity index is 2.49. The third-order valence-electron chi connectivity index (χ3n) is 2.64. The molecule has 4 heteroatoms. The molecule has 0 unspecified atom stereocenters. The van der Waals surface area contributed by atoms with Crippen molar-refractivity contribution in [2.24, 2.45) is 0 Å². The molecule has 17 heavy (non-hydrogen) atoms. The predicted octanol–water partition coefficient (Wildman–Crippen LogP) is 2.69. The number of hydrogen-bond donors (Lipinski definition) is 1. The van der Waals surface area contributed by atoms with Crippen LogP contribution in [-0.2, 0) is 0 Å². The van der Waals surface area contributed by atoms with Gasteiger partial charge in [0.2, 0.25) is 0 Å². The minimum Gasteiger partial charge on any atom is -0.477 e. The van der Waals surface area contributed by atoms with E-state index in [2.05, 4.69) is 18.9 Å². The number of aromatic nitrogens is 2. The Morgan fingerprint density at radius 2 is 2.12 bits per heavy atom. The highest BCUT2D eigenvalue weighted by Crippen LogP contribution is 2.18. The molecule has 0 saturated heterocycles. The standard InChI is InChI=1S/C13H14N2O2/c1-9(2)10-4-3-5-11(8-10)15-12(13(16)17)6-7-14-15/h3-9H,1-2H3,(H,16,17). The number of carbonyl (C=O) groups is 1. The minimum absolute atomic E-state index is 0.172. The zero-order valence-electron chi connectivity index (χ0n) is 9.79. The third kappa shape index (κ3) is 2.20. The molecule has 1 N–H and O–H groups in total. The Morgan fingerprint density at radius 1 is 1.35 bits per heavy atom. The first-order chi connectivity index (χ1) is 8.09. The van der Waals surface area contributed by atoms with Gasteiger partial charge in [0, 0.05) is 0 Å². The summed E-state index contributed by atoms with van der Waals surface area (Å²) in [6.45, 7) is 4.20. The molecule has 0 atom stereocenters. The van der Waals surface area contributed by atoms with E-state index in [1.807, 2.05) is 24.3 Å². The van der Waals surface area contributed by atoms with E-state index < -0.39 is 5.97 Å². The topological polar surface area (TPSA) is 55.1 Å². The molecule has 2 aromatic rings. The van der Waals surface area contributed by atoms with Crippen LogP contribution in [0.5, 0.6) is 0 Å². The van der Waals surface area contributed by atoms with Crippen LogP contribution in [0.4, 0.5) is 0 Å². The summed E-state index contributed by atoms with van der Waals surface area (Å²) in [5.74, 6) is -0.573. The minimum atomic E-state index is -0.975. The maximum Gasteiger partial charge on any atom is 0.354 e. The van der Waals surface area contributed by atoms with Crippen molar-refractivity contribution in [1.82, 2.24) is 9.78 Å². The van der Waals surface area contributed by atoms with Crippen LogP contribution in [0.15, 0.2) is 36.5 Å². The van der Waals surface area contributed by atoms with Crippen LogP contribution in [0.1, 0.15) is 35.8 Å². The zero-order chi connectivity index (χ0) is 12.4. The number of rotatable bonds is 3. The summed E-state index contributed by atoms with van der Waals surface area (Å²) in [4.78, 5) is 11.0. The van der Waals surface area contributed by atoms with Gasteiger partial charge in [-0.25, -0.2) is 9.48 Å². The van der Waals surface area contributed by atoms with Gasteiger partial charge in [-0.15, -0.1) is 0 Å². The van der Waals surface area contributed by atoms with E-state index in [-0.39, 0.29) is 5.69 Å². The Labute approximate surface area is 99.5 Å². The Bertz CT molecular complexity index is 544. The van der Waals surface area contributed by atoms with Gasteiger partial charge in [0.15, 0.2) is 5.69 Å². The normalized spacial score (nSPS) is 10.8. The van der Waals surface area contributed by atoms with Crippen molar-refractivity contribution in [3.8, 4) is 5.69 Å². The molecular weight excluding hydrogens is 216 g/mol. The van der Waals surface area contributed by atoms with E-state index in [1.54, 1.807) is 0 Å². The van der Waals surface area contributed by atoms with Crippen LogP contribution >= 0.6 is 0 Å². The summed E-state index contributed by atoms with van der Waals surface area (Å²) < 4.78 is 1.44. The van der Waals surface area contributed by atoms with Crippen molar-refractivity contribution in [1.29, 1.82) is 0 Å². The molecular formula is C13H14N2O2. The van der Waals surface area contributed by atoms with E-state index in [0.29, 0.717) is 5.92 Å². The van der Waals surface area contributed by atoms with E-state index in [9.17, 15) is 4.79 Å². The summed E-state index contributed by atoms with van der Waals surface area (Å²) in [6.07, 6.45) is 1.49. The maximum absolute atomic E-state index is 11.0. The molecule has 0 aliphatic heterocycles. The number of carboxylic acid groups (broad SMARTS) is 1. The smallest absolute Gasteiger partial charge is 0.354 e. The highest BCUT2D eigenvalue weighted by molar-refractivity contribution is 5.86. The molecule has 0 radical (unpaired) electrons. The molecule has 1 aromatic carbocycles. The fraction of sp³-hybridized carbons (Fsp3) is 0.231. The van der Waals surface area contributed by atoms with Gasteiger partial charge in [0.05, 0.1) is 11.9 Å². The van der Waals surface area contributed by atoms with Crippen LogP contribution in [-0.4, -0.2) is 20.9 Å². The fourth-order valence-corrected chi connectivity index (χ4v) is 1.69. The van der Waals surface area contributed by atoms with Crippen LogP contribution in [0.3, 0.4) is 0 Å². The molecule has 1 heterocycles. The average molecular weight is 230 g/mol. The quantitative estimate of drug-likeness (QED) is 0.882. The van der Waals surface area contributed by atoms with Crippen LogP contribution < -0.4 is 0 Å². The van der Waals surface area contributed by atoms with E-state index in [4.69, 9.17) is 5.11 Å². The van der Waals surface area contributed by atoms with Crippen molar-refractivity contribution in [2.45, 2.75) is 19.8 Å². The molecule has 0 amide bonds. The lowest BCUT2D eigenvalue weighted by Gasteiger charge is -2.09. The molecule has 0 fully saturated rings. The summed E-state index contributed by atoms with van der Waals surface area (Å²) in [7, 11) is 0. The number of hydrogen-bond acceptors (Lipinski definition) is 2. The third-order valence-corrected chi connectivity index (χ3v) is 2.64. The van der Waals surface area contributed by atoms with Gasteiger partial charge >= 0.3 is 5.97 Å². The highest BCUT2D eigenvalue weighted by atomic mass is 16.4. The lowest BCUT2D eigenvalue weighted by atomic mass is 10.0. The molecule has 0 saturated carbocycles. The van der Waals surface area contributed by atoms with Crippen LogP contribution in [0.2, 0.25) is 0 Å². The molecule has 2 rings (SSSR count). The Morgan fingerprint density at radius 3 is 2.76 bits per heavy atom. The van der Waals surface area contributed by atoms with Gasteiger partial charge < -0.3 is 5.11 Å². The van der Waals surface area contributed by atoms with Crippen LogP contribution in [0, 0.1) is 0 Å². The molecule has 1 aromatic heterocycles. The second-order valence-corrected chi connectivity index (χ2v) is 4.18. The highest BCUT2D eigenvalue weighted by Gasteiger charge is 2.12. The van der Waals surface area contributed by atoms with Gasteiger partial charge in [0.1, 0.15) is 0 Å². The van der Waals surface area contributed by atoms with Crippen molar-refractivity contribution in [3.63, 3.8) is 0 Å². The summed E-state index contributed by atoms with van der Waals surface area (Å²) in [6, 6.07) is 9.25. The summed E-state index contributed by atoms with van der Waals surface area (Å²) in [5.41, 5.74) is 2.11. The monoisotopic (exact) mass is 230 g/mol.